The van der Waals surface area contributed by atoms with Crippen molar-refractivity contribution in [2.45, 2.75) is 13.5 Å². The molecule has 3 aromatic heterocycles. The first-order valence-corrected chi connectivity index (χ1v) is 8.36. The lowest BCUT2D eigenvalue weighted by molar-refractivity contribution is 0.0437. The van der Waals surface area contributed by atoms with Crippen LogP contribution in [0.4, 0.5) is 4.39 Å². The number of aromatic nitrogens is 3. The van der Waals surface area contributed by atoms with Crippen LogP contribution < -0.4 is 0 Å². The summed E-state index contributed by atoms with van der Waals surface area (Å²) in [7, 11) is 0. The molecule has 0 aliphatic carbocycles. The van der Waals surface area contributed by atoms with Gasteiger partial charge in [-0.25, -0.2) is 9.18 Å². The van der Waals surface area contributed by atoms with Crippen LogP contribution in [-0.4, -0.2) is 21.3 Å². The van der Waals surface area contributed by atoms with Gasteiger partial charge in [-0.2, -0.15) is 0 Å². The Labute approximate surface area is 161 Å². The zero-order valence-corrected chi connectivity index (χ0v) is 15.1. The molecule has 0 amide bonds. The number of rotatable bonds is 5. The van der Waals surface area contributed by atoms with Crippen LogP contribution in [-0.2, 0) is 11.3 Å². The number of halogens is 2. The zero-order chi connectivity index (χ0) is 19.7. The summed E-state index contributed by atoms with van der Waals surface area (Å²) >= 11 is 6.06. The molecule has 0 bridgehead atoms. The Balaban J connectivity index is 1.56. The van der Waals surface area contributed by atoms with Crippen LogP contribution in [0.5, 0.6) is 0 Å². The molecule has 28 heavy (non-hydrogen) atoms. The van der Waals surface area contributed by atoms with Gasteiger partial charge in [0.05, 0.1) is 16.8 Å². The second-order valence-corrected chi connectivity index (χ2v) is 6.02. The molecule has 0 spiro atoms. The number of esters is 1. The molecule has 4 rings (SSSR count). The number of carbonyl (C=O) groups is 1. The predicted molar refractivity (Wildman–Crippen MR) is 92.8 cm³/mol. The van der Waals surface area contributed by atoms with Crippen LogP contribution in [0, 0.1) is 12.7 Å². The third kappa shape index (κ3) is 3.27. The minimum Gasteiger partial charge on any atom is -0.459 e. The third-order valence-corrected chi connectivity index (χ3v) is 4.11. The molecule has 0 saturated carbocycles. The minimum absolute atomic E-state index is 0.0437. The SMILES string of the molecule is Cc1onc(-c2c(F)cccc2Cl)c1C(=O)OCc1nnc(-c2ccco2)o1. The van der Waals surface area contributed by atoms with E-state index in [0.29, 0.717) is 5.76 Å². The Morgan fingerprint density at radius 1 is 1.25 bits per heavy atom. The van der Waals surface area contributed by atoms with E-state index in [1.165, 1.54) is 31.4 Å². The van der Waals surface area contributed by atoms with Crippen LogP contribution >= 0.6 is 11.6 Å². The largest absolute Gasteiger partial charge is 0.459 e. The molecule has 0 radical (unpaired) electrons. The second kappa shape index (κ2) is 7.28. The van der Waals surface area contributed by atoms with Gasteiger partial charge in [0.2, 0.25) is 0 Å². The smallest absolute Gasteiger partial charge is 0.344 e. The summed E-state index contributed by atoms with van der Waals surface area (Å²) in [6.07, 6.45) is 1.46. The van der Waals surface area contributed by atoms with Gasteiger partial charge in [0.1, 0.15) is 22.8 Å². The second-order valence-electron chi connectivity index (χ2n) is 5.61. The molecule has 1 aromatic carbocycles. The molecular formula is C18H11ClFN3O5. The number of ether oxygens (including phenoxy) is 1. The van der Waals surface area contributed by atoms with Gasteiger partial charge in [-0.15, -0.1) is 10.2 Å². The van der Waals surface area contributed by atoms with E-state index in [9.17, 15) is 9.18 Å². The van der Waals surface area contributed by atoms with E-state index in [1.54, 1.807) is 12.1 Å². The predicted octanol–water partition coefficient (Wildman–Crippen LogP) is 4.44. The Bertz CT molecular complexity index is 1120. The fraction of sp³-hybridized carbons (Fsp3) is 0.111. The van der Waals surface area contributed by atoms with E-state index in [4.69, 9.17) is 29.7 Å². The zero-order valence-electron chi connectivity index (χ0n) is 14.3. The van der Waals surface area contributed by atoms with E-state index in [-0.39, 0.29) is 46.0 Å². The average molecular weight is 404 g/mol. The van der Waals surface area contributed by atoms with Gasteiger partial charge in [-0.1, -0.05) is 22.8 Å². The average Bonchev–Trinajstić information content (AvgIpc) is 3.40. The van der Waals surface area contributed by atoms with Crippen molar-refractivity contribution in [3.8, 4) is 22.9 Å². The molecule has 0 atom stereocenters. The Morgan fingerprint density at radius 2 is 2.11 bits per heavy atom. The minimum atomic E-state index is -0.800. The van der Waals surface area contributed by atoms with Gasteiger partial charge < -0.3 is 18.1 Å². The van der Waals surface area contributed by atoms with E-state index < -0.39 is 11.8 Å². The van der Waals surface area contributed by atoms with E-state index in [1.807, 2.05) is 0 Å². The number of aryl methyl sites for hydroxylation is 1. The summed E-state index contributed by atoms with van der Waals surface area (Å²) in [5.41, 5.74) is -0.143. The molecule has 0 N–H and O–H groups in total. The molecule has 0 fully saturated rings. The summed E-state index contributed by atoms with van der Waals surface area (Å²) in [6, 6.07) is 7.44. The Kier molecular flexibility index (Phi) is 4.66. The number of furan rings is 1. The maximum atomic E-state index is 14.2. The van der Waals surface area contributed by atoms with Gasteiger partial charge in [0.15, 0.2) is 12.4 Å². The summed E-state index contributed by atoms with van der Waals surface area (Å²) in [6.45, 7) is 1.20. The lowest BCUT2D eigenvalue weighted by Crippen LogP contribution is -2.08. The van der Waals surface area contributed by atoms with Crippen molar-refractivity contribution in [3.05, 3.63) is 64.6 Å². The van der Waals surface area contributed by atoms with Gasteiger partial charge in [-0.05, 0) is 31.2 Å². The van der Waals surface area contributed by atoms with Crippen molar-refractivity contribution in [2.24, 2.45) is 0 Å². The Morgan fingerprint density at radius 3 is 2.86 bits per heavy atom. The van der Waals surface area contributed by atoms with Gasteiger partial charge >= 0.3 is 5.97 Å². The molecule has 0 aliphatic rings. The Hall–Kier alpha value is -3.46. The van der Waals surface area contributed by atoms with Gasteiger partial charge in [-0.3, -0.25) is 0 Å². The van der Waals surface area contributed by atoms with Crippen LogP contribution in [0.25, 0.3) is 22.9 Å². The molecule has 0 aliphatic heterocycles. The fourth-order valence-corrected chi connectivity index (χ4v) is 2.77. The third-order valence-electron chi connectivity index (χ3n) is 3.79. The van der Waals surface area contributed by atoms with Crippen molar-refractivity contribution in [1.82, 2.24) is 15.4 Å². The fourth-order valence-electron chi connectivity index (χ4n) is 2.52. The van der Waals surface area contributed by atoms with Crippen molar-refractivity contribution < 1.29 is 27.3 Å². The quantitative estimate of drug-likeness (QED) is 0.450. The summed E-state index contributed by atoms with van der Waals surface area (Å²) in [5, 5.41) is 11.4. The van der Waals surface area contributed by atoms with Crippen molar-refractivity contribution in [1.29, 1.82) is 0 Å². The normalized spacial score (nSPS) is 11.0. The molecule has 0 unspecified atom stereocenters. The van der Waals surface area contributed by atoms with E-state index >= 15 is 0 Å². The highest BCUT2D eigenvalue weighted by atomic mass is 35.5. The van der Waals surface area contributed by atoms with Crippen LogP contribution in [0.3, 0.4) is 0 Å². The molecule has 3 heterocycles. The molecule has 10 heteroatoms. The molecule has 8 nitrogen and oxygen atoms in total. The van der Waals surface area contributed by atoms with Crippen LogP contribution in [0.1, 0.15) is 22.0 Å². The highest BCUT2D eigenvalue weighted by Gasteiger charge is 2.27. The molecule has 0 saturated heterocycles. The maximum Gasteiger partial charge on any atom is 0.344 e. The monoisotopic (exact) mass is 403 g/mol. The molecular weight excluding hydrogens is 393 g/mol. The number of benzene rings is 1. The topological polar surface area (TPSA) is 104 Å². The highest BCUT2D eigenvalue weighted by molar-refractivity contribution is 6.33. The van der Waals surface area contributed by atoms with Gasteiger partial charge in [0, 0.05) is 0 Å². The first-order valence-electron chi connectivity index (χ1n) is 7.98. The van der Waals surface area contributed by atoms with Crippen molar-refractivity contribution in [3.63, 3.8) is 0 Å². The van der Waals surface area contributed by atoms with Crippen LogP contribution in [0.2, 0.25) is 5.02 Å². The lowest BCUT2D eigenvalue weighted by Gasteiger charge is -2.05. The van der Waals surface area contributed by atoms with Crippen LogP contribution in [0.15, 0.2) is 50.0 Å². The standard InChI is InChI=1S/C18H11ClFN3O5/c1-9-14(16(23-28-9)15-10(19)4-2-5-11(15)20)18(24)26-8-13-21-22-17(27-13)12-6-3-7-25-12/h2-7H,8H2,1H3. The van der Waals surface area contributed by atoms with Gasteiger partial charge in [0.25, 0.3) is 11.8 Å². The first kappa shape index (κ1) is 17.9. The number of hydrogen-bond acceptors (Lipinski definition) is 8. The number of hydrogen-bond donors (Lipinski definition) is 0. The lowest BCUT2D eigenvalue weighted by atomic mass is 10.1. The summed E-state index contributed by atoms with van der Waals surface area (Å²) in [4.78, 5) is 12.6. The molecule has 4 aromatic rings. The van der Waals surface area contributed by atoms with E-state index in [2.05, 4.69) is 15.4 Å². The summed E-state index contributed by atoms with van der Waals surface area (Å²) in [5.74, 6) is -0.700. The number of nitrogens with zero attached hydrogens (tertiary/aromatic N) is 3. The van der Waals surface area contributed by atoms with Crippen molar-refractivity contribution in [2.75, 3.05) is 0 Å². The highest BCUT2D eigenvalue weighted by Crippen LogP contribution is 2.33. The number of carbonyl (C=O) groups excluding carboxylic acids is 1. The molecule has 142 valence electrons. The summed E-state index contributed by atoms with van der Waals surface area (Å²) < 4.78 is 35.0. The maximum absolute atomic E-state index is 14.2. The van der Waals surface area contributed by atoms with E-state index in [0.717, 1.165) is 0 Å². The first-order chi connectivity index (χ1) is 13.5. The van der Waals surface area contributed by atoms with Crippen molar-refractivity contribution >= 4 is 17.6 Å².